The number of carbonyl (C=O) groups is 1. The van der Waals surface area contributed by atoms with Crippen molar-refractivity contribution in [1.29, 1.82) is 0 Å². The number of nitrogens with one attached hydrogen (secondary N) is 1. The zero-order valence-electron chi connectivity index (χ0n) is 17.3. The molecule has 2 aliphatic heterocycles. The predicted molar refractivity (Wildman–Crippen MR) is 124 cm³/mol. The molecule has 2 aromatic rings. The summed E-state index contributed by atoms with van der Waals surface area (Å²) in [6.45, 7) is 3.70. The number of para-hydroxylation sites is 2. The van der Waals surface area contributed by atoms with E-state index in [1.54, 1.807) is 11.8 Å². The first-order valence-corrected chi connectivity index (χ1v) is 11.4. The van der Waals surface area contributed by atoms with Crippen molar-refractivity contribution in [3.63, 3.8) is 0 Å². The van der Waals surface area contributed by atoms with E-state index in [9.17, 15) is 4.79 Å². The van der Waals surface area contributed by atoms with Gasteiger partial charge in [-0.25, -0.2) is 9.79 Å². The number of nitrogens with zero attached hydrogens (tertiary/aromatic N) is 3. The lowest BCUT2D eigenvalue weighted by Crippen LogP contribution is -2.46. The van der Waals surface area contributed by atoms with Crippen molar-refractivity contribution in [2.24, 2.45) is 9.98 Å². The second-order valence-corrected chi connectivity index (χ2v) is 8.07. The van der Waals surface area contributed by atoms with E-state index >= 15 is 0 Å². The Morgan fingerprint density at radius 3 is 2.50 bits per heavy atom. The van der Waals surface area contributed by atoms with Crippen molar-refractivity contribution in [3.8, 4) is 5.75 Å². The molecule has 2 heterocycles. The molecule has 6 nitrogen and oxygen atoms in total. The van der Waals surface area contributed by atoms with E-state index in [-0.39, 0.29) is 6.03 Å². The molecule has 30 heavy (non-hydrogen) atoms. The number of ether oxygens (including phenoxy) is 1. The molecule has 0 bridgehead atoms. The fraction of sp³-hybridized carbons (Fsp3) is 0.348. The third-order valence-electron chi connectivity index (χ3n) is 5.35. The van der Waals surface area contributed by atoms with Crippen molar-refractivity contribution >= 4 is 34.2 Å². The Hall–Kier alpha value is -2.80. The lowest BCUT2D eigenvalue weighted by molar-refractivity contribution is 0.175. The maximum Gasteiger partial charge on any atom is 0.321 e. The number of anilines is 1. The molecule has 0 radical (unpaired) electrons. The number of amides is 2. The van der Waals surface area contributed by atoms with Crippen LogP contribution in [0.4, 0.5) is 10.5 Å². The van der Waals surface area contributed by atoms with Crippen molar-refractivity contribution in [2.75, 3.05) is 31.3 Å². The van der Waals surface area contributed by atoms with Crippen LogP contribution in [0.1, 0.15) is 25.3 Å². The standard InChI is InChI=1S/C23H26N4O2S/c1-3-29-19-12-8-7-11-18(19)24-22(28)27-15-13-23(14-16-27)25-20(21(26-23)30-2)17-9-5-4-6-10-17/h4-12H,3,13-16H2,1-2H3,(H,24,28). The van der Waals surface area contributed by atoms with Crippen LogP contribution in [0.25, 0.3) is 0 Å². The van der Waals surface area contributed by atoms with E-state index in [1.165, 1.54) is 0 Å². The van der Waals surface area contributed by atoms with Gasteiger partial charge in [0.25, 0.3) is 0 Å². The van der Waals surface area contributed by atoms with E-state index in [0.717, 1.165) is 16.3 Å². The predicted octanol–water partition coefficient (Wildman–Crippen LogP) is 4.67. The number of benzene rings is 2. The molecule has 2 amide bonds. The number of piperidine rings is 1. The molecule has 0 unspecified atom stereocenters. The lowest BCUT2D eigenvalue weighted by atomic mass is 9.98. The number of hydrogen-bond donors (Lipinski definition) is 1. The molecule has 1 saturated heterocycles. The summed E-state index contributed by atoms with van der Waals surface area (Å²) in [4.78, 5) is 24.6. The summed E-state index contributed by atoms with van der Waals surface area (Å²) in [6, 6.07) is 17.6. The number of hydrogen-bond acceptors (Lipinski definition) is 5. The highest BCUT2D eigenvalue weighted by atomic mass is 32.2. The third kappa shape index (κ3) is 4.21. The number of rotatable bonds is 4. The quantitative estimate of drug-likeness (QED) is 0.778. The fourth-order valence-electron chi connectivity index (χ4n) is 3.79. The Morgan fingerprint density at radius 2 is 1.80 bits per heavy atom. The first-order valence-electron chi connectivity index (χ1n) is 10.2. The van der Waals surface area contributed by atoms with Gasteiger partial charge in [0.15, 0.2) is 5.66 Å². The number of urea groups is 1. The minimum absolute atomic E-state index is 0.115. The number of likely N-dealkylation sites (tertiary alicyclic amines) is 1. The second kappa shape index (κ2) is 8.92. The summed E-state index contributed by atoms with van der Waals surface area (Å²) in [5.74, 6) is 0.684. The molecule has 1 spiro atoms. The molecule has 2 aromatic carbocycles. The van der Waals surface area contributed by atoms with Gasteiger partial charge in [-0.15, -0.1) is 11.8 Å². The van der Waals surface area contributed by atoms with E-state index in [0.29, 0.717) is 44.0 Å². The molecule has 0 atom stereocenters. The highest BCUT2D eigenvalue weighted by Crippen LogP contribution is 2.35. The summed E-state index contributed by atoms with van der Waals surface area (Å²) in [5, 5.41) is 3.96. The largest absolute Gasteiger partial charge is 0.492 e. The molecule has 7 heteroatoms. The first-order chi connectivity index (χ1) is 14.6. The van der Waals surface area contributed by atoms with Crippen LogP contribution in [-0.2, 0) is 0 Å². The topological polar surface area (TPSA) is 66.3 Å². The molecule has 4 rings (SSSR count). The number of thioether (sulfide) groups is 1. The highest BCUT2D eigenvalue weighted by Gasteiger charge is 2.40. The van der Waals surface area contributed by atoms with Crippen LogP contribution in [0, 0.1) is 0 Å². The maximum atomic E-state index is 12.8. The summed E-state index contributed by atoms with van der Waals surface area (Å²) in [6.07, 6.45) is 3.47. The van der Waals surface area contributed by atoms with Gasteiger partial charge in [-0.1, -0.05) is 42.5 Å². The number of carbonyl (C=O) groups excluding carboxylic acids is 1. The molecule has 1 N–H and O–H groups in total. The molecule has 156 valence electrons. The second-order valence-electron chi connectivity index (χ2n) is 7.28. The number of aliphatic imine (C=N–C) groups is 2. The smallest absolute Gasteiger partial charge is 0.321 e. The molecular formula is C23H26N4O2S. The zero-order valence-corrected chi connectivity index (χ0v) is 18.1. The van der Waals surface area contributed by atoms with Gasteiger partial charge in [0.05, 0.1) is 18.0 Å². The molecule has 0 aliphatic carbocycles. The summed E-state index contributed by atoms with van der Waals surface area (Å²) < 4.78 is 5.61. The van der Waals surface area contributed by atoms with Crippen LogP contribution < -0.4 is 10.1 Å². The molecular weight excluding hydrogens is 396 g/mol. The average molecular weight is 423 g/mol. The van der Waals surface area contributed by atoms with Crippen molar-refractivity contribution in [2.45, 2.75) is 25.4 Å². The Morgan fingerprint density at radius 1 is 1.10 bits per heavy atom. The molecule has 0 saturated carbocycles. The SMILES string of the molecule is CCOc1ccccc1NC(=O)N1CCC2(CC1)N=C(SC)C(c1ccccc1)=N2. The van der Waals surface area contributed by atoms with Crippen molar-refractivity contribution < 1.29 is 9.53 Å². The minimum atomic E-state index is -0.455. The summed E-state index contributed by atoms with van der Waals surface area (Å²) in [7, 11) is 0. The Bertz CT molecular complexity index is 966. The Balaban J connectivity index is 1.44. The van der Waals surface area contributed by atoms with E-state index in [4.69, 9.17) is 14.7 Å². The monoisotopic (exact) mass is 422 g/mol. The van der Waals surface area contributed by atoms with Gasteiger partial charge in [-0.3, -0.25) is 4.99 Å². The van der Waals surface area contributed by atoms with Gasteiger partial charge >= 0.3 is 6.03 Å². The Kier molecular flexibility index (Phi) is 6.08. The van der Waals surface area contributed by atoms with Gasteiger partial charge in [0.1, 0.15) is 10.8 Å². The van der Waals surface area contributed by atoms with Crippen LogP contribution in [0.3, 0.4) is 0 Å². The molecule has 1 fully saturated rings. The van der Waals surface area contributed by atoms with E-state index in [2.05, 4.69) is 17.4 Å². The third-order valence-corrected chi connectivity index (χ3v) is 6.02. The lowest BCUT2D eigenvalue weighted by Gasteiger charge is -2.35. The first kappa shape index (κ1) is 20.5. The normalized spacial score (nSPS) is 17.5. The zero-order chi connectivity index (χ0) is 21.0. The molecule has 2 aliphatic rings. The van der Waals surface area contributed by atoms with E-state index < -0.39 is 5.66 Å². The van der Waals surface area contributed by atoms with E-state index in [1.807, 2.05) is 60.5 Å². The van der Waals surface area contributed by atoms with Gasteiger partial charge in [0.2, 0.25) is 0 Å². The highest BCUT2D eigenvalue weighted by molar-refractivity contribution is 8.15. The van der Waals surface area contributed by atoms with Gasteiger partial charge in [-0.05, 0) is 25.3 Å². The summed E-state index contributed by atoms with van der Waals surface area (Å²) in [5.41, 5.74) is 2.29. The van der Waals surface area contributed by atoms with Crippen LogP contribution >= 0.6 is 11.8 Å². The maximum absolute atomic E-state index is 12.8. The fourth-order valence-corrected chi connectivity index (χ4v) is 4.40. The molecule has 0 aromatic heterocycles. The van der Waals surface area contributed by atoms with Crippen molar-refractivity contribution in [1.82, 2.24) is 4.90 Å². The van der Waals surface area contributed by atoms with Crippen molar-refractivity contribution in [3.05, 3.63) is 60.2 Å². The Labute approximate surface area is 181 Å². The van der Waals surface area contributed by atoms with Crippen LogP contribution in [0.2, 0.25) is 0 Å². The van der Waals surface area contributed by atoms with Gasteiger partial charge in [0, 0.05) is 31.5 Å². The van der Waals surface area contributed by atoms with Crippen LogP contribution in [0.15, 0.2) is 64.6 Å². The van der Waals surface area contributed by atoms with Gasteiger partial charge in [-0.2, -0.15) is 0 Å². The van der Waals surface area contributed by atoms with Gasteiger partial charge < -0.3 is 15.0 Å². The van der Waals surface area contributed by atoms with Crippen LogP contribution in [0.5, 0.6) is 5.75 Å². The minimum Gasteiger partial charge on any atom is -0.492 e. The average Bonchev–Trinajstić information content (AvgIpc) is 3.14. The van der Waals surface area contributed by atoms with Crippen LogP contribution in [-0.4, -0.2) is 53.3 Å². The summed E-state index contributed by atoms with van der Waals surface area (Å²) >= 11 is 1.63.